The lowest BCUT2D eigenvalue weighted by Gasteiger charge is -2.29. The van der Waals surface area contributed by atoms with E-state index in [0.717, 1.165) is 3.57 Å². The zero-order chi connectivity index (χ0) is 12.9. The SMILES string of the molecule is CCC(CCl)(CCl)NC(=O)c1cccc(I)c1. The molecule has 94 valence electrons. The van der Waals surface area contributed by atoms with Gasteiger partial charge in [-0.2, -0.15) is 0 Å². The minimum Gasteiger partial charge on any atom is -0.344 e. The zero-order valence-corrected chi connectivity index (χ0v) is 13.1. The highest BCUT2D eigenvalue weighted by atomic mass is 127. The monoisotopic (exact) mass is 385 g/mol. The molecule has 2 nitrogen and oxygen atoms in total. The second kappa shape index (κ2) is 6.81. The van der Waals surface area contributed by atoms with Gasteiger partial charge in [-0.05, 0) is 47.2 Å². The van der Waals surface area contributed by atoms with Crippen molar-refractivity contribution in [3.8, 4) is 0 Å². The van der Waals surface area contributed by atoms with Crippen LogP contribution in [0.1, 0.15) is 23.7 Å². The van der Waals surface area contributed by atoms with Crippen LogP contribution in [0, 0.1) is 3.57 Å². The molecule has 0 atom stereocenters. The number of nitrogens with one attached hydrogen (secondary N) is 1. The molecular weight excluding hydrogens is 372 g/mol. The number of alkyl halides is 2. The molecule has 0 aliphatic rings. The van der Waals surface area contributed by atoms with Gasteiger partial charge in [0.05, 0.1) is 5.54 Å². The molecule has 1 aromatic carbocycles. The summed E-state index contributed by atoms with van der Waals surface area (Å²) in [5.41, 5.74) is 0.103. The number of rotatable bonds is 5. The van der Waals surface area contributed by atoms with Crippen molar-refractivity contribution in [1.29, 1.82) is 0 Å². The molecule has 1 rings (SSSR count). The predicted octanol–water partition coefficient (Wildman–Crippen LogP) is 3.65. The summed E-state index contributed by atoms with van der Waals surface area (Å²) in [4.78, 5) is 12.1. The molecule has 17 heavy (non-hydrogen) atoms. The maximum atomic E-state index is 12.1. The lowest BCUT2D eigenvalue weighted by atomic mass is 10.0. The summed E-state index contributed by atoms with van der Waals surface area (Å²) >= 11 is 13.9. The average Bonchev–Trinajstić information content (AvgIpc) is 2.36. The van der Waals surface area contributed by atoms with Gasteiger partial charge in [-0.15, -0.1) is 23.2 Å². The Morgan fingerprint density at radius 2 is 2.06 bits per heavy atom. The van der Waals surface area contributed by atoms with Gasteiger partial charge in [0.1, 0.15) is 0 Å². The van der Waals surface area contributed by atoms with Crippen molar-refractivity contribution in [2.45, 2.75) is 18.9 Å². The fourth-order valence-corrected chi connectivity index (χ4v) is 2.66. The molecule has 0 saturated carbocycles. The third kappa shape index (κ3) is 4.00. The van der Waals surface area contributed by atoms with Crippen LogP contribution >= 0.6 is 45.8 Å². The third-order valence-corrected chi connectivity index (χ3v) is 4.35. The van der Waals surface area contributed by atoms with E-state index in [0.29, 0.717) is 23.7 Å². The van der Waals surface area contributed by atoms with E-state index in [1.807, 2.05) is 25.1 Å². The van der Waals surface area contributed by atoms with Gasteiger partial charge in [0.15, 0.2) is 0 Å². The van der Waals surface area contributed by atoms with E-state index in [1.54, 1.807) is 6.07 Å². The Bertz CT molecular complexity index is 386. The highest BCUT2D eigenvalue weighted by Gasteiger charge is 2.28. The normalized spacial score (nSPS) is 11.3. The molecule has 0 spiro atoms. The largest absolute Gasteiger partial charge is 0.344 e. The van der Waals surface area contributed by atoms with E-state index in [-0.39, 0.29) is 5.91 Å². The summed E-state index contributed by atoms with van der Waals surface area (Å²) in [5, 5.41) is 2.92. The Kier molecular flexibility index (Phi) is 6.03. The topological polar surface area (TPSA) is 29.1 Å². The van der Waals surface area contributed by atoms with Crippen molar-refractivity contribution in [2.24, 2.45) is 0 Å². The fourth-order valence-electron chi connectivity index (χ4n) is 1.32. The van der Waals surface area contributed by atoms with Crippen molar-refractivity contribution >= 4 is 51.7 Å². The first-order valence-corrected chi connectivity index (χ1v) is 7.41. The predicted molar refractivity (Wildman–Crippen MR) is 81.1 cm³/mol. The van der Waals surface area contributed by atoms with Crippen LogP contribution in [0.4, 0.5) is 0 Å². The van der Waals surface area contributed by atoms with Crippen molar-refractivity contribution < 1.29 is 4.79 Å². The first kappa shape index (κ1) is 15.1. The van der Waals surface area contributed by atoms with Crippen LogP contribution < -0.4 is 5.32 Å². The van der Waals surface area contributed by atoms with E-state index in [9.17, 15) is 4.79 Å². The Hall–Kier alpha value is -0.000000000000000111. The van der Waals surface area contributed by atoms with Gasteiger partial charge in [-0.3, -0.25) is 4.79 Å². The smallest absolute Gasteiger partial charge is 0.251 e. The highest BCUT2D eigenvalue weighted by Crippen LogP contribution is 2.16. The lowest BCUT2D eigenvalue weighted by Crippen LogP contribution is -2.51. The number of carbonyl (C=O) groups is 1. The maximum absolute atomic E-state index is 12.1. The van der Waals surface area contributed by atoms with Gasteiger partial charge in [-0.1, -0.05) is 13.0 Å². The maximum Gasteiger partial charge on any atom is 0.251 e. The Labute approximate surface area is 125 Å². The molecule has 1 amide bonds. The molecular formula is C12H14Cl2INO. The standard InChI is InChI=1S/C12H14Cl2INO/c1-2-12(7-13,8-14)16-11(17)9-4-3-5-10(15)6-9/h3-6H,2,7-8H2,1H3,(H,16,17). The fraction of sp³-hybridized carbons (Fsp3) is 0.417. The molecule has 0 saturated heterocycles. The number of benzene rings is 1. The van der Waals surface area contributed by atoms with Crippen LogP contribution in [-0.2, 0) is 0 Å². The van der Waals surface area contributed by atoms with E-state index in [2.05, 4.69) is 27.9 Å². The summed E-state index contributed by atoms with van der Waals surface area (Å²) in [6.07, 6.45) is 0.704. The van der Waals surface area contributed by atoms with Crippen LogP contribution in [-0.4, -0.2) is 23.2 Å². The number of hydrogen-bond donors (Lipinski definition) is 1. The molecule has 0 bridgehead atoms. The van der Waals surface area contributed by atoms with Crippen molar-refractivity contribution in [1.82, 2.24) is 5.32 Å². The molecule has 5 heteroatoms. The molecule has 0 fully saturated rings. The first-order chi connectivity index (χ1) is 8.06. The van der Waals surface area contributed by atoms with E-state index in [4.69, 9.17) is 23.2 Å². The van der Waals surface area contributed by atoms with E-state index < -0.39 is 5.54 Å². The molecule has 0 aliphatic carbocycles. The number of hydrogen-bond acceptors (Lipinski definition) is 1. The molecule has 0 radical (unpaired) electrons. The zero-order valence-electron chi connectivity index (χ0n) is 9.47. The van der Waals surface area contributed by atoms with Gasteiger partial charge in [0.25, 0.3) is 5.91 Å². The Morgan fingerprint density at radius 1 is 1.41 bits per heavy atom. The highest BCUT2D eigenvalue weighted by molar-refractivity contribution is 14.1. The number of amides is 1. The summed E-state index contributed by atoms with van der Waals surface area (Å²) in [6, 6.07) is 7.40. The quantitative estimate of drug-likeness (QED) is 0.608. The van der Waals surface area contributed by atoms with Gasteiger partial charge in [-0.25, -0.2) is 0 Å². The van der Waals surface area contributed by atoms with Crippen molar-refractivity contribution in [2.75, 3.05) is 11.8 Å². The van der Waals surface area contributed by atoms with Crippen LogP contribution in [0.2, 0.25) is 0 Å². The first-order valence-electron chi connectivity index (χ1n) is 5.27. The third-order valence-electron chi connectivity index (χ3n) is 2.65. The summed E-state index contributed by atoms with van der Waals surface area (Å²) in [5.74, 6) is 0.484. The molecule has 0 heterocycles. The summed E-state index contributed by atoms with van der Waals surface area (Å²) in [6.45, 7) is 1.96. The van der Waals surface area contributed by atoms with Crippen molar-refractivity contribution in [3.63, 3.8) is 0 Å². The molecule has 0 aliphatic heterocycles. The molecule has 1 N–H and O–H groups in total. The van der Waals surface area contributed by atoms with Crippen LogP contribution in [0.3, 0.4) is 0 Å². The van der Waals surface area contributed by atoms with Crippen LogP contribution in [0.25, 0.3) is 0 Å². The minimum absolute atomic E-state index is 0.133. The lowest BCUT2D eigenvalue weighted by molar-refractivity contribution is 0.0913. The Balaban J connectivity index is 2.84. The Morgan fingerprint density at radius 3 is 2.53 bits per heavy atom. The molecule has 0 aromatic heterocycles. The second-order valence-electron chi connectivity index (χ2n) is 3.87. The average molecular weight is 386 g/mol. The van der Waals surface area contributed by atoms with E-state index >= 15 is 0 Å². The number of carbonyl (C=O) groups excluding carboxylic acids is 1. The minimum atomic E-state index is -0.526. The number of halogens is 3. The van der Waals surface area contributed by atoms with Gasteiger partial charge >= 0.3 is 0 Å². The summed E-state index contributed by atoms with van der Waals surface area (Å²) < 4.78 is 1.02. The van der Waals surface area contributed by atoms with Gasteiger partial charge in [0, 0.05) is 20.9 Å². The van der Waals surface area contributed by atoms with Gasteiger partial charge in [0.2, 0.25) is 0 Å². The van der Waals surface area contributed by atoms with Crippen LogP contribution in [0.5, 0.6) is 0 Å². The van der Waals surface area contributed by atoms with Gasteiger partial charge < -0.3 is 5.32 Å². The van der Waals surface area contributed by atoms with Crippen LogP contribution in [0.15, 0.2) is 24.3 Å². The molecule has 1 aromatic rings. The van der Waals surface area contributed by atoms with E-state index in [1.165, 1.54) is 0 Å². The second-order valence-corrected chi connectivity index (χ2v) is 5.65. The summed E-state index contributed by atoms with van der Waals surface area (Å²) in [7, 11) is 0. The van der Waals surface area contributed by atoms with Crippen molar-refractivity contribution in [3.05, 3.63) is 33.4 Å². The molecule has 0 unspecified atom stereocenters.